The highest BCUT2D eigenvalue weighted by atomic mass is 35.5. The van der Waals surface area contributed by atoms with Crippen LogP contribution in [-0.4, -0.2) is 44.7 Å². The Balaban J connectivity index is 1.61. The van der Waals surface area contributed by atoms with Crippen molar-refractivity contribution in [3.63, 3.8) is 0 Å². The summed E-state index contributed by atoms with van der Waals surface area (Å²) in [5, 5.41) is 20.0. The second-order valence-corrected chi connectivity index (χ2v) is 7.39. The van der Waals surface area contributed by atoms with Gasteiger partial charge in [0.1, 0.15) is 35.6 Å². The number of allylic oxidation sites excluding steroid dienone is 3. The summed E-state index contributed by atoms with van der Waals surface area (Å²) in [7, 11) is 0. The van der Waals surface area contributed by atoms with Crippen molar-refractivity contribution in [1.29, 1.82) is 5.41 Å². The molecule has 0 saturated heterocycles. The van der Waals surface area contributed by atoms with Gasteiger partial charge in [-0.25, -0.2) is 15.0 Å². The molecule has 0 aliphatic heterocycles. The van der Waals surface area contributed by atoms with Gasteiger partial charge in [-0.15, -0.1) is 0 Å². The van der Waals surface area contributed by atoms with Gasteiger partial charge in [-0.3, -0.25) is 10.2 Å². The number of H-pyrrole nitrogens is 1. The number of imidazole rings is 1. The van der Waals surface area contributed by atoms with E-state index in [0.717, 1.165) is 11.9 Å². The normalized spacial score (nSPS) is 16.2. The molecule has 0 bridgehead atoms. The molecule has 1 aliphatic carbocycles. The van der Waals surface area contributed by atoms with Crippen LogP contribution in [0.2, 0.25) is 0 Å². The van der Waals surface area contributed by atoms with Gasteiger partial charge < -0.3 is 25.4 Å². The molecule has 1 aromatic carbocycles. The van der Waals surface area contributed by atoms with Crippen LogP contribution in [0, 0.1) is 5.41 Å². The van der Waals surface area contributed by atoms with Crippen molar-refractivity contribution in [2.45, 2.75) is 12.3 Å². The number of amidine groups is 1. The molecule has 0 spiro atoms. The first-order valence-electron chi connectivity index (χ1n) is 9.94. The minimum Gasteiger partial charge on any atom is -0.508 e. The quantitative estimate of drug-likeness (QED) is 0.266. The Bertz CT molecular complexity index is 1310. The zero-order valence-corrected chi connectivity index (χ0v) is 18.0. The Morgan fingerprint density at radius 3 is 3.09 bits per heavy atom. The molecular formula is C22H20ClN7O3. The molecule has 3 aromatic rings. The number of rotatable bonds is 7. The number of nitrogens with one attached hydrogen (secondary N) is 3. The molecule has 0 fully saturated rings. The number of carbonyl (C=O) groups is 1. The molecule has 0 saturated carbocycles. The molecule has 1 amide bonds. The third-order valence-electron chi connectivity index (χ3n) is 5.14. The van der Waals surface area contributed by atoms with Crippen LogP contribution < -0.4 is 15.3 Å². The molecule has 6 N–H and O–H groups in total. The lowest BCUT2D eigenvalue weighted by molar-refractivity contribution is 0.0959. The van der Waals surface area contributed by atoms with Gasteiger partial charge in [0.2, 0.25) is 5.88 Å². The van der Waals surface area contributed by atoms with Crippen LogP contribution in [0.4, 0.5) is 0 Å². The highest BCUT2D eigenvalue weighted by molar-refractivity contribution is 6.09. The second-order valence-electron chi connectivity index (χ2n) is 7.24. The van der Waals surface area contributed by atoms with Crippen LogP contribution >= 0.6 is 11.9 Å². The fraction of sp³-hybridized carbons (Fsp3) is 0.136. The number of pyridine rings is 1. The Labute approximate surface area is 193 Å². The number of aliphatic hydroxyl groups is 1. The average molecular weight is 466 g/mol. The first kappa shape index (κ1) is 22.0. The number of carbonyl (C=O) groups excluding carboxylic acids is 1. The highest BCUT2D eigenvalue weighted by Gasteiger charge is 2.23. The van der Waals surface area contributed by atoms with Gasteiger partial charge in [0.05, 0.1) is 23.2 Å². The number of hydrogen-bond donors (Lipinski definition) is 5. The summed E-state index contributed by atoms with van der Waals surface area (Å²) in [5.41, 5.74) is 8.55. The van der Waals surface area contributed by atoms with Gasteiger partial charge in [-0.1, -0.05) is 12.1 Å². The van der Waals surface area contributed by atoms with Crippen LogP contribution in [0.3, 0.4) is 0 Å². The van der Waals surface area contributed by atoms with Gasteiger partial charge in [0.15, 0.2) is 0 Å². The Hall–Kier alpha value is -4.18. The predicted octanol–water partition coefficient (Wildman–Crippen LogP) is 3.20. The van der Waals surface area contributed by atoms with E-state index in [1.807, 2.05) is 12.1 Å². The molecular weight excluding hydrogens is 446 g/mol. The molecule has 10 nitrogen and oxygen atoms in total. The standard InChI is InChI=1S/C22H20ClN7O3/c23-33-22-14(2-1-7-26-22)12-4-6-18(31)15(8-12)20-29-16-5-3-13(9-17(16)30-20)21(32)27-10-19(25)28-11-24/h1-3,5-9,11-12,31H,4,10H2,(H,27,32)(H,29,30)(H3,24,25,28). The van der Waals surface area contributed by atoms with Crippen LogP contribution in [0.5, 0.6) is 5.88 Å². The fourth-order valence-corrected chi connectivity index (χ4v) is 3.68. The lowest BCUT2D eigenvalue weighted by atomic mass is 9.89. The maximum atomic E-state index is 12.4. The number of hydrogen-bond acceptors (Lipinski definition) is 6. The summed E-state index contributed by atoms with van der Waals surface area (Å²) in [6, 6.07) is 8.66. The molecule has 33 heavy (non-hydrogen) atoms. The third kappa shape index (κ3) is 4.70. The second kappa shape index (κ2) is 9.53. The number of halogens is 1. The first-order chi connectivity index (χ1) is 16.0. The lowest BCUT2D eigenvalue weighted by Crippen LogP contribution is -2.33. The highest BCUT2D eigenvalue weighted by Crippen LogP contribution is 2.37. The van der Waals surface area contributed by atoms with Crippen LogP contribution in [0.1, 0.15) is 34.1 Å². The van der Waals surface area contributed by atoms with Gasteiger partial charge in [-0.05, 0) is 36.8 Å². The molecule has 1 aliphatic rings. The summed E-state index contributed by atoms with van der Waals surface area (Å²) >= 11 is 5.56. The number of aromatic nitrogens is 3. The Morgan fingerprint density at radius 1 is 1.45 bits per heavy atom. The van der Waals surface area contributed by atoms with Crippen molar-refractivity contribution < 1.29 is 14.2 Å². The number of benzene rings is 1. The summed E-state index contributed by atoms with van der Waals surface area (Å²) in [6.45, 7) is 0.0236. The van der Waals surface area contributed by atoms with E-state index in [2.05, 4.69) is 25.3 Å². The van der Waals surface area contributed by atoms with Gasteiger partial charge in [0.25, 0.3) is 5.91 Å². The van der Waals surface area contributed by atoms with Crippen LogP contribution in [0.15, 0.2) is 59.4 Å². The van der Waals surface area contributed by atoms with Gasteiger partial charge in [0, 0.05) is 23.2 Å². The molecule has 4 rings (SSSR count). The summed E-state index contributed by atoms with van der Waals surface area (Å²) in [4.78, 5) is 27.9. The molecule has 168 valence electrons. The van der Waals surface area contributed by atoms with E-state index < -0.39 is 0 Å². The van der Waals surface area contributed by atoms with E-state index in [1.165, 1.54) is 0 Å². The van der Waals surface area contributed by atoms with Crippen molar-refractivity contribution in [1.82, 2.24) is 20.3 Å². The zero-order valence-electron chi connectivity index (χ0n) is 17.2. The Morgan fingerprint density at radius 2 is 2.30 bits per heavy atom. The van der Waals surface area contributed by atoms with Crippen LogP contribution in [0.25, 0.3) is 16.6 Å². The van der Waals surface area contributed by atoms with Crippen molar-refractivity contribution in [3.05, 3.63) is 71.4 Å². The number of nitrogens with zero attached hydrogens (tertiary/aromatic N) is 3. The number of nitrogens with two attached hydrogens (primary N) is 1. The van der Waals surface area contributed by atoms with E-state index in [4.69, 9.17) is 27.3 Å². The van der Waals surface area contributed by atoms with Crippen molar-refractivity contribution in [2.75, 3.05) is 6.54 Å². The van der Waals surface area contributed by atoms with Crippen molar-refractivity contribution in [3.8, 4) is 5.88 Å². The van der Waals surface area contributed by atoms with Gasteiger partial charge in [-0.2, -0.15) is 0 Å². The summed E-state index contributed by atoms with van der Waals surface area (Å²) in [6.07, 6.45) is 6.53. The number of aromatic amines is 1. The monoisotopic (exact) mass is 465 g/mol. The first-order valence-corrected chi connectivity index (χ1v) is 10.2. The molecule has 2 heterocycles. The smallest absolute Gasteiger partial charge is 0.251 e. The van der Waals surface area contributed by atoms with E-state index in [0.29, 0.717) is 40.3 Å². The largest absolute Gasteiger partial charge is 0.508 e. The SMILES string of the molecule is N=CN=C(N)CNC(=O)c1ccc2nc(C3=CC(c4cccnc4OCl)CC=C3O)[nH]c2c1. The predicted molar refractivity (Wildman–Crippen MR) is 126 cm³/mol. The lowest BCUT2D eigenvalue weighted by Gasteiger charge is -2.19. The minimum absolute atomic E-state index is 0.0236. The third-order valence-corrected chi connectivity index (χ3v) is 5.29. The van der Waals surface area contributed by atoms with E-state index in [9.17, 15) is 9.90 Å². The average Bonchev–Trinajstić information content (AvgIpc) is 3.26. The van der Waals surface area contributed by atoms with E-state index in [1.54, 1.807) is 36.5 Å². The topological polar surface area (TPSA) is 162 Å². The number of aliphatic imine (C=N–C) groups is 1. The van der Waals surface area contributed by atoms with Crippen LogP contribution in [-0.2, 0) is 0 Å². The maximum absolute atomic E-state index is 12.4. The molecule has 1 atom stereocenters. The fourth-order valence-electron chi connectivity index (χ4n) is 3.55. The summed E-state index contributed by atoms with van der Waals surface area (Å²) < 4.78 is 4.86. The Kier molecular flexibility index (Phi) is 6.36. The molecule has 0 radical (unpaired) electrons. The van der Waals surface area contributed by atoms with E-state index >= 15 is 0 Å². The number of fused-ring (bicyclic) bond motifs is 1. The van der Waals surface area contributed by atoms with E-state index in [-0.39, 0.29) is 30.0 Å². The minimum atomic E-state index is -0.346. The summed E-state index contributed by atoms with van der Waals surface area (Å²) in [5.74, 6) is 0.519. The molecule has 1 unspecified atom stereocenters. The number of aliphatic hydroxyl groups excluding tert-OH is 1. The van der Waals surface area contributed by atoms with Gasteiger partial charge >= 0.3 is 0 Å². The number of amides is 1. The maximum Gasteiger partial charge on any atom is 0.251 e. The molecule has 2 aromatic heterocycles. The molecule has 11 heteroatoms. The van der Waals surface area contributed by atoms with Crippen molar-refractivity contribution >= 4 is 46.6 Å². The van der Waals surface area contributed by atoms with Crippen molar-refractivity contribution in [2.24, 2.45) is 10.7 Å². The zero-order chi connectivity index (χ0) is 23.4.